The Morgan fingerprint density at radius 2 is 2.05 bits per heavy atom. The normalized spacial score (nSPS) is 24.9. The van der Waals surface area contributed by atoms with Crippen LogP contribution in [0.2, 0.25) is 0 Å². The summed E-state index contributed by atoms with van der Waals surface area (Å²) in [5.74, 6) is -3.33. The van der Waals surface area contributed by atoms with Crippen LogP contribution in [0.15, 0.2) is 30.3 Å². The van der Waals surface area contributed by atoms with Gasteiger partial charge in [-0.2, -0.15) is 0 Å². The van der Waals surface area contributed by atoms with E-state index < -0.39 is 30.5 Å². The van der Waals surface area contributed by atoms with Crippen LogP contribution in [-0.2, 0) is 16.1 Å². The first kappa shape index (κ1) is 14.9. The van der Waals surface area contributed by atoms with Gasteiger partial charge in [0.1, 0.15) is 6.10 Å². The fraction of sp³-hybridized carbons (Fsp3) is 0.533. The van der Waals surface area contributed by atoms with Crippen LogP contribution in [0.25, 0.3) is 0 Å². The molecule has 1 saturated carbocycles. The van der Waals surface area contributed by atoms with Gasteiger partial charge >= 0.3 is 5.97 Å². The molecule has 20 heavy (non-hydrogen) atoms. The highest BCUT2D eigenvalue weighted by molar-refractivity contribution is 5.66. The third-order valence-corrected chi connectivity index (χ3v) is 3.61. The van der Waals surface area contributed by atoms with Crippen LogP contribution in [-0.4, -0.2) is 36.0 Å². The first-order chi connectivity index (χ1) is 9.38. The Bertz CT molecular complexity index is 464. The van der Waals surface area contributed by atoms with Crippen molar-refractivity contribution < 1.29 is 18.3 Å². The van der Waals surface area contributed by atoms with Gasteiger partial charge in [-0.3, -0.25) is 9.69 Å². The van der Waals surface area contributed by atoms with Crippen LogP contribution in [0.1, 0.15) is 25.3 Å². The van der Waals surface area contributed by atoms with Crippen molar-refractivity contribution in [3.63, 3.8) is 0 Å². The van der Waals surface area contributed by atoms with Gasteiger partial charge in [0, 0.05) is 19.9 Å². The van der Waals surface area contributed by atoms with E-state index >= 15 is 0 Å². The molecule has 0 N–H and O–H groups in total. The first-order valence-corrected chi connectivity index (χ1v) is 6.67. The Balaban J connectivity index is 2.01. The largest absolute Gasteiger partial charge is 0.462 e. The maximum atomic E-state index is 14.0. The second-order valence-electron chi connectivity index (χ2n) is 5.35. The number of halogens is 2. The molecule has 0 aliphatic heterocycles. The number of nitrogens with zero attached hydrogens (tertiary/aromatic N) is 1. The number of hydrogen-bond donors (Lipinski definition) is 0. The van der Waals surface area contributed by atoms with Crippen LogP contribution < -0.4 is 0 Å². The Kier molecular flexibility index (Phi) is 4.38. The molecule has 1 aliphatic carbocycles. The molecule has 1 aromatic carbocycles. The van der Waals surface area contributed by atoms with Gasteiger partial charge in [0.25, 0.3) is 5.92 Å². The molecule has 110 valence electrons. The average Bonchev–Trinajstić information content (AvgIpc) is 2.64. The molecule has 0 saturated heterocycles. The number of esters is 1. The standard InChI is InChI=1S/C15H19F2NO2/c1-11(19)20-13-8-14(15(16,17)9-13)18(2)10-12-6-4-3-5-7-12/h3-7,13-14H,8-10H2,1-2H3/t13-,14?/m0/s1. The summed E-state index contributed by atoms with van der Waals surface area (Å²) in [4.78, 5) is 12.5. The predicted molar refractivity (Wildman–Crippen MR) is 71.4 cm³/mol. The second kappa shape index (κ2) is 5.87. The SMILES string of the molecule is CC(=O)O[C@H]1CC(N(C)Cc2ccccc2)C(F)(F)C1. The molecule has 0 radical (unpaired) electrons. The first-order valence-electron chi connectivity index (χ1n) is 6.67. The van der Waals surface area contributed by atoms with Gasteiger partial charge in [-0.25, -0.2) is 8.78 Å². The fourth-order valence-corrected chi connectivity index (χ4v) is 2.75. The summed E-state index contributed by atoms with van der Waals surface area (Å²) in [7, 11) is 1.68. The lowest BCUT2D eigenvalue weighted by atomic mass is 10.1. The van der Waals surface area contributed by atoms with Crippen LogP contribution in [0.4, 0.5) is 8.78 Å². The van der Waals surface area contributed by atoms with E-state index in [1.165, 1.54) is 6.92 Å². The van der Waals surface area contributed by atoms with Gasteiger partial charge < -0.3 is 4.74 Å². The minimum absolute atomic E-state index is 0.177. The zero-order chi connectivity index (χ0) is 14.8. The minimum Gasteiger partial charge on any atom is -0.462 e. The number of carbonyl (C=O) groups is 1. The smallest absolute Gasteiger partial charge is 0.302 e. The van der Waals surface area contributed by atoms with Gasteiger partial charge in [-0.15, -0.1) is 0 Å². The van der Waals surface area contributed by atoms with Crippen molar-refractivity contribution in [2.24, 2.45) is 0 Å². The summed E-state index contributed by atoms with van der Waals surface area (Å²) in [5, 5.41) is 0. The molecule has 2 rings (SSSR count). The van der Waals surface area contributed by atoms with E-state index in [2.05, 4.69) is 0 Å². The molecule has 0 aromatic heterocycles. The van der Waals surface area contributed by atoms with E-state index in [4.69, 9.17) is 4.74 Å². The molecule has 5 heteroatoms. The van der Waals surface area contributed by atoms with Crippen molar-refractivity contribution in [3.05, 3.63) is 35.9 Å². The Morgan fingerprint density at radius 3 is 2.65 bits per heavy atom. The van der Waals surface area contributed by atoms with E-state index in [1.54, 1.807) is 11.9 Å². The zero-order valence-electron chi connectivity index (χ0n) is 11.7. The summed E-state index contributed by atoms with van der Waals surface area (Å²) in [5.41, 5.74) is 0.988. The van der Waals surface area contributed by atoms with Crippen LogP contribution >= 0.6 is 0 Å². The number of ether oxygens (including phenoxy) is 1. The molecule has 1 aromatic rings. The Labute approximate surface area is 117 Å². The number of rotatable bonds is 4. The second-order valence-corrected chi connectivity index (χ2v) is 5.35. The maximum absolute atomic E-state index is 14.0. The molecule has 0 heterocycles. The number of carbonyl (C=O) groups excluding carboxylic acids is 1. The lowest BCUT2D eigenvalue weighted by molar-refractivity contribution is -0.146. The fourth-order valence-electron chi connectivity index (χ4n) is 2.75. The lowest BCUT2D eigenvalue weighted by Crippen LogP contribution is -2.41. The molecule has 3 nitrogen and oxygen atoms in total. The van der Waals surface area contributed by atoms with E-state index in [-0.39, 0.29) is 6.42 Å². The van der Waals surface area contributed by atoms with E-state index in [9.17, 15) is 13.6 Å². The molecule has 1 aliphatic rings. The molecule has 0 amide bonds. The predicted octanol–water partition coefficient (Wildman–Crippen LogP) is 2.85. The quantitative estimate of drug-likeness (QED) is 0.796. The number of alkyl halides is 2. The summed E-state index contributed by atoms with van der Waals surface area (Å²) in [6.45, 7) is 1.70. The van der Waals surface area contributed by atoms with Gasteiger partial charge in [0.05, 0.1) is 12.5 Å². The van der Waals surface area contributed by atoms with Crippen molar-refractivity contribution in [3.8, 4) is 0 Å². The van der Waals surface area contributed by atoms with Crippen LogP contribution in [0, 0.1) is 0 Å². The van der Waals surface area contributed by atoms with Crippen LogP contribution in [0.3, 0.4) is 0 Å². The van der Waals surface area contributed by atoms with Gasteiger partial charge in [0.15, 0.2) is 0 Å². The third kappa shape index (κ3) is 3.54. The molecule has 1 fully saturated rings. The highest BCUT2D eigenvalue weighted by atomic mass is 19.3. The van der Waals surface area contributed by atoms with Crippen LogP contribution in [0.5, 0.6) is 0 Å². The number of benzene rings is 1. The summed E-state index contributed by atoms with van der Waals surface area (Å²) in [6.07, 6.45) is -0.905. The van der Waals surface area contributed by atoms with E-state index in [1.807, 2.05) is 30.3 Å². The highest BCUT2D eigenvalue weighted by Crippen LogP contribution is 2.40. The van der Waals surface area contributed by atoms with Gasteiger partial charge in [-0.1, -0.05) is 30.3 Å². The van der Waals surface area contributed by atoms with E-state index in [0.29, 0.717) is 6.54 Å². The molecule has 0 spiro atoms. The van der Waals surface area contributed by atoms with Gasteiger partial charge in [-0.05, 0) is 12.6 Å². The molecule has 0 bridgehead atoms. The summed E-state index contributed by atoms with van der Waals surface area (Å²) in [6, 6.07) is 8.59. The highest BCUT2D eigenvalue weighted by Gasteiger charge is 2.51. The van der Waals surface area contributed by atoms with E-state index in [0.717, 1.165) is 5.56 Å². The zero-order valence-corrected chi connectivity index (χ0v) is 11.7. The van der Waals surface area contributed by atoms with Crippen molar-refractivity contribution in [2.45, 2.75) is 44.4 Å². The Hall–Kier alpha value is -1.49. The van der Waals surface area contributed by atoms with Crippen molar-refractivity contribution in [2.75, 3.05) is 7.05 Å². The number of hydrogen-bond acceptors (Lipinski definition) is 3. The lowest BCUT2D eigenvalue weighted by Gasteiger charge is -2.28. The average molecular weight is 283 g/mol. The molecule has 1 unspecified atom stereocenters. The topological polar surface area (TPSA) is 29.5 Å². The minimum atomic E-state index is -2.83. The maximum Gasteiger partial charge on any atom is 0.302 e. The van der Waals surface area contributed by atoms with Gasteiger partial charge in [0.2, 0.25) is 0 Å². The molecular formula is C15H19F2NO2. The van der Waals surface area contributed by atoms with Crippen molar-refractivity contribution in [1.29, 1.82) is 0 Å². The molecule has 2 atom stereocenters. The summed E-state index contributed by atoms with van der Waals surface area (Å²) >= 11 is 0. The Morgan fingerprint density at radius 1 is 1.40 bits per heavy atom. The van der Waals surface area contributed by atoms with Crippen molar-refractivity contribution in [1.82, 2.24) is 4.90 Å². The molecular weight excluding hydrogens is 264 g/mol. The third-order valence-electron chi connectivity index (χ3n) is 3.61. The summed E-state index contributed by atoms with van der Waals surface area (Å²) < 4.78 is 33.0. The monoisotopic (exact) mass is 283 g/mol. The van der Waals surface area contributed by atoms with Crippen molar-refractivity contribution >= 4 is 5.97 Å².